The van der Waals surface area contributed by atoms with Crippen LogP contribution in [0.25, 0.3) is 16.8 Å². The van der Waals surface area contributed by atoms with Crippen molar-refractivity contribution in [3.63, 3.8) is 0 Å². The molecule has 9 nitrogen and oxygen atoms in total. The van der Waals surface area contributed by atoms with Crippen LogP contribution in [0.4, 0.5) is 5.82 Å². The number of aromatic nitrogens is 6. The summed E-state index contributed by atoms with van der Waals surface area (Å²) in [4.78, 5) is 11.6. The van der Waals surface area contributed by atoms with Gasteiger partial charge in [-0.3, -0.25) is 4.68 Å². The van der Waals surface area contributed by atoms with E-state index in [1.165, 1.54) is 11.3 Å². The number of methoxy groups -OCH3 is 1. The number of ether oxygens (including phenoxy) is 2. The highest BCUT2D eigenvalue weighted by molar-refractivity contribution is 5.80. The fraction of sp³-hybridized carbons (Fsp3) is 0.391. The Balaban J connectivity index is 1.29. The number of hydrogen-bond donors (Lipinski definition) is 0. The minimum atomic E-state index is 0.201. The van der Waals surface area contributed by atoms with Gasteiger partial charge in [0.25, 0.3) is 0 Å². The molecule has 0 spiro atoms. The molecule has 1 saturated heterocycles. The normalized spacial score (nSPS) is 17.2. The van der Waals surface area contributed by atoms with E-state index in [0.29, 0.717) is 5.88 Å². The summed E-state index contributed by atoms with van der Waals surface area (Å²) < 4.78 is 14.7. The predicted octanol–water partition coefficient (Wildman–Crippen LogP) is 2.60. The minimum Gasteiger partial charge on any atom is -0.481 e. The molecule has 2 aliphatic heterocycles. The summed E-state index contributed by atoms with van der Waals surface area (Å²) in [6.45, 7) is 6.45. The molecular formula is C23H25N7O2. The number of fused-ring (bicyclic) bond motifs is 2. The minimum absolute atomic E-state index is 0.201. The fourth-order valence-corrected chi connectivity index (χ4v) is 4.56. The number of nitrogens with zero attached hydrogens (tertiary/aromatic N) is 7. The summed E-state index contributed by atoms with van der Waals surface area (Å²) >= 11 is 0. The fourth-order valence-electron chi connectivity index (χ4n) is 4.56. The maximum absolute atomic E-state index is 5.45. The third-order valence-corrected chi connectivity index (χ3v) is 6.28. The molecule has 0 unspecified atom stereocenters. The molecule has 0 N–H and O–H groups in total. The van der Waals surface area contributed by atoms with Crippen molar-refractivity contribution in [2.75, 3.05) is 31.8 Å². The van der Waals surface area contributed by atoms with E-state index in [2.05, 4.69) is 32.8 Å². The van der Waals surface area contributed by atoms with Crippen molar-refractivity contribution in [1.29, 1.82) is 0 Å². The van der Waals surface area contributed by atoms with E-state index < -0.39 is 0 Å². The van der Waals surface area contributed by atoms with Crippen LogP contribution in [0.1, 0.15) is 18.2 Å². The lowest BCUT2D eigenvalue weighted by molar-refractivity contribution is -0.111. The van der Waals surface area contributed by atoms with Crippen molar-refractivity contribution in [2.24, 2.45) is 5.41 Å². The second-order valence-electron chi connectivity index (χ2n) is 8.95. The number of hydrogen-bond acceptors (Lipinski definition) is 7. The van der Waals surface area contributed by atoms with Crippen LogP contribution in [0.5, 0.6) is 5.88 Å². The molecule has 2 aliphatic rings. The molecule has 1 fully saturated rings. The maximum Gasteiger partial charge on any atom is 0.221 e. The van der Waals surface area contributed by atoms with Crippen LogP contribution in [0, 0.1) is 5.41 Å². The molecule has 6 rings (SSSR count). The highest BCUT2D eigenvalue weighted by atomic mass is 16.5. The summed E-state index contributed by atoms with van der Waals surface area (Å²) in [5, 5.41) is 9.31. The van der Waals surface area contributed by atoms with Gasteiger partial charge in [-0.05, 0) is 18.2 Å². The summed E-state index contributed by atoms with van der Waals surface area (Å²) in [7, 11) is 1.63. The SMILES string of the molecule is COc1ncccc1-c1cnn2ccc(N3CCc4nn(CC5(C)COC5)cc4C3)nc12. The molecular weight excluding hydrogens is 406 g/mol. The molecule has 0 aromatic carbocycles. The first-order chi connectivity index (χ1) is 15.6. The van der Waals surface area contributed by atoms with E-state index in [4.69, 9.17) is 19.6 Å². The molecule has 9 heteroatoms. The zero-order valence-corrected chi connectivity index (χ0v) is 18.2. The number of anilines is 1. The molecule has 0 radical (unpaired) electrons. The maximum atomic E-state index is 5.45. The quantitative estimate of drug-likeness (QED) is 0.480. The zero-order chi connectivity index (χ0) is 21.7. The van der Waals surface area contributed by atoms with Crippen LogP contribution in [0.3, 0.4) is 0 Å². The lowest BCUT2D eigenvalue weighted by Gasteiger charge is -2.37. The standard InChI is InChI=1S/C23H25N7O2/c1-23(14-32-15-23)13-29-12-16-11-28(8-5-19(16)27-29)20-6-9-30-21(26-20)18(10-25-30)17-4-3-7-24-22(17)31-2/h3-4,6-7,9-10,12H,5,8,11,13-15H2,1-2H3. The molecule has 0 amide bonds. The van der Waals surface area contributed by atoms with Gasteiger partial charge in [0, 0.05) is 54.6 Å². The van der Waals surface area contributed by atoms with Gasteiger partial charge >= 0.3 is 0 Å². The Morgan fingerprint density at radius 2 is 2.12 bits per heavy atom. The molecule has 164 valence electrons. The largest absolute Gasteiger partial charge is 0.481 e. The second kappa shape index (κ2) is 7.30. The van der Waals surface area contributed by atoms with Crippen molar-refractivity contribution >= 4 is 11.5 Å². The van der Waals surface area contributed by atoms with Gasteiger partial charge in [-0.2, -0.15) is 10.2 Å². The van der Waals surface area contributed by atoms with Crippen molar-refractivity contribution in [1.82, 2.24) is 29.4 Å². The Labute approximate surface area is 185 Å². The third-order valence-electron chi connectivity index (χ3n) is 6.28. The van der Waals surface area contributed by atoms with Gasteiger partial charge in [0.05, 0.1) is 44.3 Å². The van der Waals surface area contributed by atoms with Gasteiger partial charge < -0.3 is 14.4 Å². The van der Waals surface area contributed by atoms with Gasteiger partial charge in [-0.25, -0.2) is 14.5 Å². The lowest BCUT2D eigenvalue weighted by Crippen LogP contribution is -2.43. The lowest BCUT2D eigenvalue weighted by atomic mass is 9.89. The number of rotatable bonds is 5. The first kappa shape index (κ1) is 19.2. The van der Waals surface area contributed by atoms with Gasteiger partial charge in [-0.1, -0.05) is 6.92 Å². The van der Waals surface area contributed by atoms with Crippen LogP contribution >= 0.6 is 0 Å². The molecule has 0 aliphatic carbocycles. The van der Waals surface area contributed by atoms with E-state index in [9.17, 15) is 0 Å². The van der Waals surface area contributed by atoms with Gasteiger partial charge in [-0.15, -0.1) is 0 Å². The Morgan fingerprint density at radius 1 is 1.22 bits per heavy atom. The van der Waals surface area contributed by atoms with E-state index in [0.717, 1.165) is 61.9 Å². The highest BCUT2D eigenvalue weighted by Crippen LogP contribution is 2.32. The van der Waals surface area contributed by atoms with Crippen molar-refractivity contribution < 1.29 is 9.47 Å². The zero-order valence-electron chi connectivity index (χ0n) is 18.2. The smallest absolute Gasteiger partial charge is 0.221 e. The van der Waals surface area contributed by atoms with E-state index in [1.54, 1.807) is 17.8 Å². The third kappa shape index (κ3) is 3.20. The second-order valence-corrected chi connectivity index (χ2v) is 8.95. The number of pyridine rings is 1. The van der Waals surface area contributed by atoms with Crippen molar-refractivity contribution in [2.45, 2.75) is 26.4 Å². The summed E-state index contributed by atoms with van der Waals surface area (Å²) in [5.74, 6) is 1.50. The Bertz CT molecular complexity index is 1290. The first-order valence-electron chi connectivity index (χ1n) is 10.8. The van der Waals surface area contributed by atoms with E-state index in [1.807, 2.05) is 30.6 Å². The van der Waals surface area contributed by atoms with Crippen molar-refractivity contribution in [3.8, 4) is 17.0 Å². The molecule has 4 aromatic heterocycles. The van der Waals surface area contributed by atoms with Crippen LogP contribution in [-0.4, -0.2) is 56.2 Å². The molecule has 0 atom stereocenters. The molecule has 6 heterocycles. The Kier molecular flexibility index (Phi) is 4.39. The van der Waals surface area contributed by atoms with E-state index >= 15 is 0 Å². The Morgan fingerprint density at radius 3 is 2.94 bits per heavy atom. The van der Waals surface area contributed by atoms with Crippen LogP contribution in [0.15, 0.2) is 43.0 Å². The average molecular weight is 432 g/mol. The topological polar surface area (TPSA) is 82.6 Å². The molecule has 32 heavy (non-hydrogen) atoms. The first-order valence-corrected chi connectivity index (χ1v) is 10.8. The Hall–Kier alpha value is -3.46. The summed E-state index contributed by atoms with van der Waals surface area (Å²) in [6.07, 6.45) is 8.59. The summed E-state index contributed by atoms with van der Waals surface area (Å²) in [6, 6.07) is 5.89. The van der Waals surface area contributed by atoms with Gasteiger partial charge in [0.2, 0.25) is 5.88 Å². The van der Waals surface area contributed by atoms with E-state index in [-0.39, 0.29) is 5.41 Å². The van der Waals surface area contributed by atoms with Crippen LogP contribution < -0.4 is 9.64 Å². The molecule has 0 bridgehead atoms. The average Bonchev–Trinajstić information content (AvgIpc) is 3.40. The predicted molar refractivity (Wildman–Crippen MR) is 119 cm³/mol. The van der Waals surface area contributed by atoms with Crippen LogP contribution in [-0.2, 0) is 24.2 Å². The van der Waals surface area contributed by atoms with Gasteiger partial charge in [0.1, 0.15) is 5.82 Å². The summed E-state index contributed by atoms with van der Waals surface area (Å²) in [5.41, 5.74) is 5.23. The monoisotopic (exact) mass is 431 g/mol. The molecule has 4 aromatic rings. The van der Waals surface area contributed by atoms with Gasteiger partial charge in [0.15, 0.2) is 5.65 Å². The van der Waals surface area contributed by atoms with Crippen LogP contribution in [0.2, 0.25) is 0 Å². The van der Waals surface area contributed by atoms with Crippen molar-refractivity contribution in [3.05, 3.63) is 54.2 Å². The highest BCUT2D eigenvalue weighted by Gasteiger charge is 2.34. The molecule has 0 saturated carbocycles.